The van der Waals surface area contributed by atoms with E-state index in [-0.39, 0.29) is 5.97 Å². The van der Waals surface area contributed by atoms with E-state index in [0.717, 1.165) is 15.7 Å². The van der Waals surface area contributed by atoms with Crippen molar-refractivity contribution >= 4 is 27.6 Å². The third-order valence-electron chi connectivity index (χ3n) is 2.87. The highest BCUT2D eigenvalue weighted by atomic mass is 79.9. The molecule has 0 aliphatic heterocycles. The van der Waals surface area contributed by atoms with E-state index in [0.29, 0.717) is 18.0 Å². The Morgan fingerprint density at radius 2 is 1.91 bits per heavy atom. The van der Waals surface area contributed by atoms with Crippen LogP contribution in [0.3, 0.4) is 0 Å². The molecule has 0 atom stereocenters. The van der Waals surface area contributed by atoms with Crippen LogP contribution < -0.4 is 20.3 Å². The molecule has 0 aliphatic carbocycles. The van der Waals surface area contributed by atoms with Gasteiger partial charge in [-0.05, 0) is 29.8 Å². The molecule has 0 amide bonds. The molecule has 0 saturated carbocycles. The van der Waals surface area contributed by atoms with Gasteiger partial charge in [0.2, 0.25) is 0 Å². The van der Waals surface area contributed by atoms with Crippen molar-refractivity contribution in [2.24, 2.45) is 0 Å². The lowest BCUT2D eigenvalue weighted by molar-refractivity contribution is -0.132. The molecule has 116 valence electrons. The van der Waals surface area contributed by atoms with Gasteiger partial charge >= 0.3 is 5.97 Å². The monoisotopic (exact) mass is 364 g/mol. The number of benzene rings is 2. The molecule has 22 heavy (non-hydrogen) atoms. The summed E-state index contributed by atoms with van der Waals surface area (Å²) in [6.07, 6.45) is 0. The van der Waals surface area contributed by atoms with E-state index < -0.39 is 0 Å². The fourth-order valence-corrected chi connectivity index (χ4v) is 2.33. The lowest BCUT2D eigenvalue weighted by Crippen LogP contribution is -2.21. The fraction of sp³-hybridized carbons (Fsp3) is 0.188. The highest BCUT2D eigenvalue weighted by molar-refractivity contribution is 9.10. The van der Waals surface area contributed by atoms with E-state index in [2.05, 4.69) is 26.8 Å². The Morgan fingerprint density at radius 1 is 1.18 bits per heavy atom. The average molecular weight is 365 g/mol. The number of esters is 1. The van der Waals surface area contributed by atoms with Crippen LogP contribution in [0.2, 0.25) is 0 Å². The highest BCUT2D eigenvalue weighted by Crippen LogP contribution is 2.33. The number of hydrazine groups is 1. The minimum Gasteiger partial charge on any atom is -0.493 e. The van der Waals surface area contributed by atoms with Gasteiger partial charge in [-0.15, -0.1) is 0 Å². The Morgan fingerprint density at radius 3 is 2.55 bits per heavy atom. The van der Waals surface area contributed by atoms with E-state index >= 15 is 0 Å². The summed E-state index contributed by atoms with van der Waals surface area (Å²) in [5.74, 6) is 0.512. The molecule has 2 rings (SSSR count). The van der Waals surface area contributed by atoms with Crippen molar-refractivity contribution in [3.05, 3.63) is 52.5 Å². The number of rotatable bonds is 6. The standard InChI is InChI=1S/C16H17BrN2O3/c1-11(20)22-16-9-14(17)12(8-15(16)21-2)10-18-19-13-6-4-3-5-7-13/h3-9,18-19H,10H2,1-2H3. The van der Waals surface area contributed by atoms with Crippen LogP contribution in [0.15, 0.2) is 46.9 Å². The predicted octanol–water partition coefficient (Wildman–Crippen LogP) is 3.50. The lowest BCUT2D eigenvalue weighted by atomic mass is 10.2. The summed E-state index contributed by atoms with van der Waals surface area (Å²) in [7, 11) is 1.54. The zero-order valence-electron chi connectivity index (χ0n) is 12.4. The summed E-state index contributed by atoms with van der Waals surface area (Å²) in [6.45, 7) is 1.92. The number of para-hydroxylation sites is 1. The van der Waals surface area contributed by atoms with E-state index in [1.54, 1.807) is 6.07 Å². The first-order valence-corrected chi connectivity index (χ1v) is 7.48. The van der Waals surface area contributed by atoms with Gasteiger partial charge in [0.1, 0.15) is 0 Å². The van der Waals surface area contributed by atoms with Crippen molar-refractivity contribution in [3.63, 3.8) is 0 Å². The zero-order chi connectivity index (χ0) is 15.9. The minimum absolute atomic E-state index is 0.387. The van der Waals surface area contributed by atoms with Gasteiger partial charge in [-0.3, -0.25) is 4.79 Å². The lowest BCUT2D eigenvalue weighted by Gasteiger charge is -2.13. The van der Waals surface area contributed by atoms with Crippen LogP contribution in [-0.4, -0.2) is 13.1 Å². The molecule has 6 heteroatoms. The molecule has 0 radical (unpaired) electrons. The van der Waals surface area contributed by atoms with Gasteiger partial charge in [0.25, 0.3) is 0 Å². The molecule has 0 bridgehead atoms. The molecule has 0 aliphatic rings. The van der Waals surface area contributed by atoms with E-state index in [1.165, 1.54) is 14.0 Å². The maximum Gasteiger partial charge on any atom is 0.308 e. The van der Waals surface area contributed by atoms with Crippen molar-refractivity contribution in [1.82, 2.24) is 5.43 Å². The average Bonchev–Trinajstić information content (AvgIpc) is 2.50. The number of methoxy groups -OCH3 is 1. The second kappa shape index (κ2) is 7.82. The summed E-state index contributed by atoms with van der Waals surface area (Å²) < 4.78 is 11.2. The molecule has 0 aromatic heterocycles. The van der Waals surface area contributed by atoms with Crippen LogP contribution >= 0.6 is 15.9 Å². The number of hydrogen-bond acceptors (Lipinski definition) is 5. The number of nitrogens with one attached hydrogen (secondary N) is 2. The second-order valence-corrected chi connectivity index (χ2v) is 5.39. The van der Waals surface area contributed by atoms with Crippen molar-refractivity contribution < 1.29 is 14.3 Å². The van der Waals surface area contributed by atoms with Crippen LogP contribution in [-0.2, 0) is 11.3 Å². The predicted molar refractivity (Wildman–Crippen MR) is 88.9 cm³/mol. The normalized spacial score (nSPS) is 10.1. The first-order chi connectivity index (χ1) is 10.6. The number of hydrogen-bond donors (Lipinski definition) is 2. The fourth-order valence-electron chi connectivity index (χ4n) is 1.87. The maximum atomic E-state index is 11.1. The molecular formula is C16H17BrN2O3. The van der Waals surface area contributed by atoms with Gasteiger partial charge in [-0.25, -0.2) is 5.43 Å². The molecule has 5 nitrogen and oxygen atoms in total. The van der Waals surface area contributed by atoms with Gasteiger partial charge in [0.15, 0.2) is 11.5 Å². The van der Waals surface area contributed by atoms with Crippen LogP contribution in [0.25, 0.3) is 0 Å². The third-order valence-corrected chi connectivity index (χ3v) is 3.61. The Balaban J connectivity index is 2.06. The first kappa shape index (κ1) is 16.3. The summed E-state index contributed by atoms with van der Waals surface area (Å²) in [5.41, 5.74) is 8.18. The van der Waals surface area contributed by atoms with Crippen molar-refractivity contribution in [1.29, 1.82) is 0 Å². The Hall–Kier alpha value is -2.05. The quantitative estimate of drug-likeness (QED) is 0.466. The molecule has 0 spiro atoms. The SMILES string of the molecule is COc1cc(CNNc2ccccc2)c(Br)cc1OC(C)=O. The van der Waals surface area contributed by atoms with Gasteiger partial charge in [0, 0.05) is 23.6 Å². The molecule has 2 N–H and O–H groups in total. The Bertz CT molecular complexity index is 647. The van der Waals surface area contributed by atoms with Crippen LogP contribution in [0, 0.1) is 0 Å². The zero-order valence-corrected chi connectivity index (χ0v) is 13.9. The number of carbonyl (C=O) groups excluding carboxylic acids is 1. The minimum atomic E-state index is -0.387. The Kier molecular flexibility index (Phi) is 5.80. The molecule has 0 unspecified atom stereocenters. The maximum absolute atomic E-state index is 11.1. The van der Waals surface area contributed by atoms with E-state index in [1.807, 2.05) is 36.4 Å². The van der Waals surface area contributed by atoms with Crippen LogP contribution in [0.5, 0.6) is 11.5 Å². The summed E-state index contributed by atoms with van der Waals surface area (Å²) >= 11 is 3.47. The van der Waals surface area contributed by atoms with Gasteiger partial charge < -0.3 is 14.9 Å². The largest absolute Gasteiger partial charge is 0.493 e. The third kappa shape index (κ3) is 4.47. The van der Waals surface area contributed by atoms with Gasteiger partial charge in [-0.1, -0.05) is 34.1 Å². The number of anilines is 1. The Labute approximate surface area is 137 Å². The second-order valence-electron chi connectivity index (χ2n) is 4.53. The van der Waals surface area contributed by atoms with Crippen molar-refractivity contribution in [2.75, 3.05) is 12.5 Å². The highest BCUT2D eigenvalue weighted by Gasteiger charge is 2.11. The molecule has 0 saturated heterocycles. The van der Waals surface area contributed by atoms with Crippen LogP contribution in [0.4, 0.5) is 5.69 Å². The van der Waals surface area contributed by atoms with E-state index in [9.17, 15) is 4.79 Å². The van der Waals surface area contributed by atoms with Crippen molar-refractivity contribution in [2.45, 2.75) is 13.5 Å². The molecule has 2 aromatic rings. The topological polar surface area (TPSA) is 59.6 Å². The van der Waals surface area contributed by atoms with E-state index in [4.69, 9.17) is 9.47 Å². The number of ether oxygens (including phenoxy) is 2. The molecule has 0 fully saturated rings. The van der Waals surface area contributed by atoms with Crippen LogP contribution in [0.1, 0.15) is 12.5 Å². The summed E-state index contributed by atoms with van der Waals surface area (Å²) in [5, 5.41) is 0. The summed E-state index contributed by atoms with van der Waals surface area (Å²) in [6, 6.07) is 13.3. The van der Waals surface area contributed by atoms with Gasteiger partial charge in [-0.2, -0.15) is 0 Å². The first-order valence-electron chi connectivity index (χ1n) is 6.69. The smallest absolute Gasteiger partial charge is 0.308 e. The molecule has 0 heterocycles. The summed E-state index contributed by atoms with van der Waals surface area (Å²) in [4.78, 5) is 11.1. The van der Waals surface area contributed by atoms with Gasteiger partial charge in [0.05, 0.1) is 7.11 Å². The molecule has 2 aromatic carbocycles. The number of halogens is 1. The van der Waals surface area contributed by atoms with Crippen molar-refractivity contribution in [3.8, 4) is 11.5 Å². The number of carbonyl (C=O) groups is 1. The molecular weight excluding hydrogens is 348 g/mol.